The van der Waals surface area contributed by atoms with Crippen LogP contribution in [0.5, 0.6) is 0 Å². The zero-order valence-corrected chi connectivity index (χ0v) is 18.0. The third-order valence-electron chi connectivity index (χ3n) is 4.05. The van der Waals surface area contributed by atoms with E-state index < -0.39 is 36.1 Å². The molecule has 0 aromatic heterocycles. The third-order valence-corrected chi connectivity index (χ3v) is 4.05. The van der Waals surface area contributed by atoms with E-state index in [1.54, 1.807) is 0 Å². The Balaban J connectivity index is 2.66. The normalized spacial score (nSPS) is 12.4. The van der Waals surface area contributed by atoms with Crippen LogP contribution in [-0.4, -0.2) is 49.3 Å². The minimum atomic E-state index is -1.08. The summed E-state index contributed by atoms with van der Waals surface area (Å²) < 4.78 is 20.2. The van der Waals surface area contributed by atoms with Gasteiger partial charge in [0.2, 0.25) is 0 Å². The minimum absolute atomic E-state index is 0.0656. The van der Waals surface area contributed by atoms with Crippen molar-refractivity contribution in [1.82, 2.24) is 0 Å². The van der Waals surface area contributed by atoms with E-state index >= 15 is 0 Å². The Bertz CT molecular complexity index is 670. The summed E-state index contributed by atoms with van der Waals surface area (Å²) in [5.41, 5.74) is 0.131. The Morgan fingerprint density at radius 3 is 1.53 bits per heavy atom. The van der Waals surface area contributed by atoms with Crippen molar-refractivity contribution in [1.29, 1.82) is 0 Å². The Morgan fingerprint density at radius 2 is 1.17 bits per heavy atom. The molecule has 8 heteroatoms. The van der Waals surface area contributed by atoms with Crippen molar-refractivity contribution in [2.24, 2.45) is 0 Å². The van der Waals surface area contributed by atoms with E-state index in [1.807, 2.05) is 13.8 Å². The zero-order chi connectivity index (χ0) is 22.5. The Hall–Kier alpha value is -2.90. The van der Waals surface area contributed by atoms with Crippen LogP contribution in [0, 0.1) is 0 Å². The molecule has 1 rings (SSSR count). The lowest BCUT2D eigenvalue weighted by Crippen LogP contribution is -2.27. The third kappa shape index (κ3) is 8.63. The van der Waals surface area contributed by atoms with Gasteiger partial charge in [-0.05, 0) is 44.9 Å². The summed E-state index contributed by atoms with van der Waals surface area (Å²) in [6.45, 7) is 7.28. The standard InChI is InChI=1S/C22H30O8/c1-5-7-12-27-19(23)15(3)29-21(25)17-10-9-11-18(14-17)22(26)30-16(4)20(24)28-13-8-6-2/h9-11,14-16H,5-8,12-13H2,1-4H3/t15-,16-/m1/s1. The Morgan fingerprint density at radius 1 is 0.767 bits per heavy atom. The number of ether oxygens (including phenoxy) is 4. The lowest BCUT2D eigenvalue weighted by molar-refractivity contribution is -0.153. The van der Waals surface area contributed by atoms with Crippen LogP contribution < -0.4 is 0 Å². The molecule has 0 heterocycles. The molecule has 0 aliphatic carbocycles. The van der Waals surface area contributed by atoms with Gasteiger partial charge in [-0.3, -0.25) is 0 Å². The number of carbonyl (C=O) groups excluding carboxylic acids is 4. The highest BCUT2D eigenvalue weighted by atomic mass is 16.6. The summed E-state index contributed by atoms with van der Waals surface area (Å²) in [6.07, 6.45) is 1.03. The van der Waals surface area contributed by atoms with E-state index in [2.05, 4.69) is 0 Å². The molecule has 0 fully saturated rings. The first-order valence-electron chi connectivity index (χ1n) is 10.1. The topological polar surface area (TPSA) is 105 Å². The molecule has 0 amide bonds. The van der Waals surface area contributed by atoms with Crippen LogP contribution in [0.3, 0.4) is 0 Å². The first-order valence-corrected chi connectivity index (χ1v) is 10.1. The average Bonchev–Trinajstić information content (AvgIpc) is 2.73. The molecule has 0 saturated carbocycles. The predicted octanol–water partition coefficient (Wildman–Crippen LogP) is 3.46. The van der Waals surface area contributed by atoms with Crippen molar-refractivity contribution < 1.29 is 38.1 Å². The van der Waals surface area contributed by atoms with Crippen LogP contribution in [0.15, 0.2) is 24.3 Å². The van der Waals surface area contributed by atoms with Gasteiger partial charge in [-0.2, -0.15) is 0 Å². The van der Waals surface area contributed by atoms with Crippen LogP contribution in [0.1, 0.15) is 74.1 Å². The molecule has 0 unspecified atom stereocenters. The Labute approximate surface area is 176 Å². The molecule has 0 radical (unpaired) electrons. The van der Waals surface area contributed by atoms with Crippen molar-refractivity contribution in [2.45, 2.75) is 65.6 Å². The molecule has 0 bridgehead atoms. The molecule has 1 aromatic rings. The van der Waals surface area contributed by atoms with Gasteiger partial charge in [-0.25, -0.2) is 19.2 Å². The first kappa shape index (κ1) is 25.1. The summed E-state index contributed by atoms with van der Waals surface area (Å²) in [5.74, 6) is -2.83. The van der Waals surface area contributed by atoms with Gasteiger partial charge in [-0.1, -0.05) is 32.8 Å². The number of hydrogen-bond donors (Lipinski definition) is 0. The lowest BCUT2D eigenvalue weighted by Gasteiger charge is -2.14. The van der Waals surface area contributed by atoms with E-state index in [-0.39, 0.29) is 24.3 Å². The van der Waals surface area contributed by atoms with E-state index in [1.165, 1.54) is 38.1 Å². The molecule has 0 saturated heterocycles. The maximum absolute atomic E-state index is 12.3. The molecule has 0 N–H and O–H groups in total. The van der Waals surface area contributed by atoms with Crippen molar-refractivity contribution in [2.75, 3.05) is 13.2 Å². The number of carbonyl (C=O) groups is 4. The van der Waals surface area contributed by atoms with Crippen molar-refractivity contribution in [3.8, 4) is 0 Å². The SMILES string of the molecule is CCCCOC(=O)[C@@H](C)OC(=O)c1cccc(C(=O)O[C@H](C)C(=O)OCCCC)c1. The van der Waals surface area contributed by atoms with Crippen molar-refractivity contribution in [3.05, 3.63) is 35.4 Å². The van der Waals surface area contributed by atoms with Crippen LogP contribution in [0.25, 0.3) is 0 Å². The van der Waals surface area contributed by atoms with Crippen LogP contribution in [0.2, 0.25) is 0 Å². The van der Waals surface area contributed by atoms with E-state index in [0.29, 0.717) is 0 Å². The fourth-order valence-corrected chi connectivity index (χ4v) is 2.20. The zero-order valence-electron chi connectivity index (χ0n) is 18.0. The summed E-state index contributed by atoms with van der Waals surface area (Å²) in [6, 6.07) is 5.63. The highest BCUT2D eigenvalue weighted by Crippen LogP contribution is 2.12. The van der Waals surface area contributed by atoms with Gasteiger partial charge < -0.3 is 18.9 Å². The number of esters is 4. The van der Waals surface area contributed by atoms with Gasteiger partial charge in [0, 0.05) is 0 Å². The van der Waals surface area contributed by atoms with Crippen molar-refractivity contribution in [3.63, 3.8) is 0 Å². The number of rotatable bonds is 12. The van der Waals surface area contributed by atoms with Gasteiger partial charge in [0.05, 0.1) is 24.3 Å². The minimum Gasteiger partial charge on any atom is -0.463 e. The maximum Gasteiger partial charge on any atom is 0.347 e. The molecule has 166 valence electrons. The van der Waals surface area contributed by atoms with Gasteiger partial charge in [0.15, 0.2) is 12.2 Å². The second-order valence-corrected chi connectivity index (χ2v) is 6.72. The molecule has 0 spiro atoms. The van der Waals surface area contributed by atoms with Crippen LogP contribution in [0.4, 0.5) is 0 Å². The monoisotopic (exact) mass is 422 g/mol. The summed E-state index contributed by atoms with van der Waals surface area (Å²) in [5, 5.41) is 0. The Kier molecular flexibility index (Phi) is 11.2. The molecule has 8 nitrogen and oxygen atoms in total. The highest BCUT2D eigenvalue weighted by molar-refractivity contribution is 5.96. The summed E-state index contributed by atoms with van der Waals surface area (Å²) in [4.78, 5) is 48.2. The number of hydrogen-bond acceptors (Lipinski definition) is 8. The molecular formula is C22H30O8. The molecular weight excluding hydrogens is 392 g/mol. The predicted molar refractivity (Wildman–Crippen MR) is 108 cm³/mol. The quantitative estimate of drug-likeness (QED) is 0.286. The highest BCUT2D eigenvalue weighted by Gasteiger charge is 2.23. The van der Waals surface area contributed by atoms with E-state index in [4.69, 9.17) is 18.9 Å². The molecule has 0 aliphatic heterocycles. The van der Waals surface area contributed by atoms with Gasteiger partial charge in [-0.15, -0.1) is 0 Å². The van der Waals surface area contributed by atoms with Gasteiger partial charge in [0.1, 0.15) is 0 Å². The molecule has 2 atom stereocenters. The molecule has 30 heavy (non-hydrogen) atoms. The lowest BCUT2D eigenvalue weighted by atomic mass is 10.1. The number of benzene rings is 1. The second kappa shape index (κ2) is 13.3. The smallest absolute Gasteiger partial charge is 0.347 e. The fourth-order valence-electron chi connectivity index (χ4n) is 2.20. The first-order chi connectivity index (χ1) is 14.3. The average molecular weight is 422 g/mol. The second-order valence-electron chi connectivity index (χ2n) is 6.72. The maximum atomic E-state index is 12.3. The van der Waals surface area contributed by atoms with E-state index in [0.717, 1.165) is 25.7 Å². The summed E-state index contributed by atoms with van der Waals surface area (Å²) in [7, 11) is 0. The largest absolute Gasteiger partial charge is 0.463 e. The van der Waals surface area contributed by atoms with E-state index in [9.17, 15) is 19.2 Å². The van der Waals surface area contributed by atoms with Crippen LogP contribution in [-0.2, 0) is 28.5 Å². The van der Waals surface area contributed by atoms with Gasteiger partial charge in [0.25, 0.3) is 0 Å². The molecule has 0 aliphatic rings. The van der Waals surface area contributed by atoms with Crippen molar-refractivity contribution >= 4 is 23.9 Å². The molecule has 1 aromatic carbocycles. The fraction of sp³-hybridized carbons (Fsp3) is 0.545. The number of unbranched alkanes of at least 4 members (excludes halogenated alkanes) is 2. The van der Waals surface area contributed by atoms with Crippen LogP contribution >= 0.6 is 0 Å². The summed E-state index contributed by atoms with van der Waals surface area (Å²) >= 11 is 0. The van der Waals surface area contributed by atoms with Gasteiger partial charge >= 0.3 is 23.9 Å².